The Morgan fingerprint density at radius 1 is 1.26 bits per heavy atom. The van der Waals surface area contributed by atoms with Gasteiger partial charge in [0.1, 0.15) is 5.75 Å². The lowest BCUT2D eigenvalue weighted by atomic mass is 10.0. The van der Waals surface area contributed by atoms with Crippen molar-refractivity contribution in [1.82, 2.24) is 9.97 Å². The number of benzene rings is 1. The highest BCUT2D eigenvalue weighted by Crippen LogP contribution is 2.31. The maximum atomic E-state index is 5.74. The van der Waals surface area contributed by atoms with Gasteiger partial charge in [-0.05, 0) is 29.7 Å². The van der Waals surface area contributed by atoms with Gasteiger partial charge in [-0.25, -0.2) is 9.97 Å². The highest BCUT2D eigenvalue weighted by atomic mass is 79.9. The summed E-state index contributed by atoms with van der Waals surface area (Å²) >= 11 is 9.17. The van der Waals surface area contributed by atoms with E-state index in [0.29, 0.717) is 17.8 Å². The molecule has 5 heteroatoms. The molecule has 100 valence electrons. The predicted molar refractivity (Wildman–Crippen MR) is 79.9 cm³/mol. The first-order chi connectivity index (χ1) is 9.10. The van der Waals surface area contributed by atoms with Crippen LogP contribution < -0.4 is 4.74 Å². The van der Waals surface area contributed by atoms with E-state index in [4.69, 9.17) is 16.3 Å². The normalized spacial score (nSPS) is 10.8. The van der Waals surface area contributed by atoms with Gasteiger partial charge in [0.2, 0.25) is 0 Å². The van der Waals surface area contributed by atoms with Crippen molar-refractivity contribution >= 4 is 27.5 Å². The Morgan fingerprint density at radius 2 is 1.95 bits per heavy atom. The summed E-state index contributed by atoms with van der Waals surface area (Å²) < 4.78 is 6.77. The van der Waals surface area contributed by atoms with Crippen molar-refractivity contribution in [2.75, 3.05) is 0 Å². The number of rotatable bonds is 4. The second kappa shape index (κ2) is 6.35. The molecule has 0 saturated heterocycles. The summed E-state index contributed by atoms with van der Waals surface area (Å²) in [4.78, 5) is 8.28. The lowest BCUT2D eigenvalue weighted by Crippen LogP contribution is -1.97. The van der Waals surface area contributed by atoms with Crippen molar-refractivity contribution in [2.24, 2.45) is 0 Å². The summed E-state index contributed by atoms with van der Waals surface area (Å²) in [5.74, 6) is 1.53. The maximum absolute atomic E-state index is 5.74. The lowest BCUT2D eigenvalue weighted by Gasteiger charge is -2.13. The fourth-order valence-corrected chi connectivity index (χ4v) is 2.14. The molecule has 0 radical (unpaired) electrons. The van der Waals surface area contributed by atoms with Crippen LogP contribution >= 0.6 is 27.5 Å². The van der Waals surface area contributed by atoms with Crippen molar-refractivity contribution in [2.45, 2.75) is 25.6 Å². The number of hydrogen-bond acceptors (Lipinski definition) is 3. The average Bonchev–Trinajstić information content (AvgIpc) is 2.41. The van der Waals surface area contributed by atoms with Crippen LogP contribution in [0, 0.1) is 0 Å². The Labute approximate surface area is 126 Å². The van der Waals surface area contributed by atoms with E-state index >= 15 is 0 Å². The van der Waals surface area contributed by atoms with Gasteiger partial charge in [0, 0.05) is 22.4 Å². The fourth-order valence-electron chi connectivity index (χ4n) is 1.63. The quantitative estimate of drug-likeness (QED) is 0.742. The highest BCUT2D eigenvalue weighted by Gasteiger charge is 2.10. The third-order valence-corrected chi connectivity index (χ3v) is 3.43. The second-order valence-corrected chi connectivity index (χ2v) is 5.63. The molecule has 0 unspecified atom stereocenters. The van der Waals surface area contributed by atoms with Crippen molar-refractivity contribution in [3.05, 3.63) is 46.2 Å². The molecule has 19 heavy (non-hydrogen) atoms. The molecule has 0 aliphatic heterocycles. The van der Waals surface area contributed by atoms with E-state index in [0.717, 1.165) is 21.3 Å². The molecule has 0 aliphatic carbocycles. The van der Waals surface area contributed by atoms with Crippen LogP contribution in [0.5, 0.6) is 11.8 Å². The molecule has 3 nitrogen and oxygen atoms in total. The number of halogens is 2. The summed E-state index contributed by atoms with van der Waals surface area (Å²) in [6.45, 7) is 4.23. The predicted octanol–water partition coefficient (Wildman–Crippen LogP) is 4.89. The van der Waals surface area contributed by atoms with E-state index in [1.807, 2.05) is 18.2 Å². The molecule has 0 fully saturated rings. The van der Waals surface area contributed by atoms with Gasteiger partial charge in [0.05, 0.1) is 5.88 Å². The Hall–Kier alpha value is -1.13. The number of alkyl halides is 1. The Bertz CT molecular complexity index is 558. The van der Waals surface area contributed by atoms with Crippen LogP contribution in [0.25, 0.3) is 0 Å². The molecule has 0 atom stereocenters. The molecular weight excluding hydrogens is 328 g/mol. The number of nitrogens with zero attached hydrogens (tertiary/aromatic N) is 2. The van der Waals surface area contributed by atoms with Gasteiger partial charge in [0.25, 0.3) is 0 Å². The Morgan fingerprint density at radius 3 is 2.53 bits per heavy atom. The van der Waals surface area contributed by atoms with Gasteiger partial charge in [-0.2, -0.15) is 0 Å². The van der Waals surface area contributed by atoms with Crippen molar-refractivity contribution < 1.29 is 4.74 Å². The van der Waals surface area contributed by atoms with E-state index in [-0.39, 0.29) is 0 Å². The molecule has 2 aromatic rings. The molecule has 0 N–H and O–H groups in total. The third-order valence-electron chi connectivity index (χ3n) is 2.63. The minimum absolute atomic E-state index is 0.332. The largest absolute Gasteiger partial charge is 0.424 e. The molecule has 0 bridgehead atoms. The van der Waals surface area contributed by atoms with E-state index in [9.17, 15) is 0 Å². The van der Waals surface area contributed by atoms with Crippen LogP contribution in [0.2, 0.25) is 0 Å². The van der Waals surface area contributed by atoms with Crippen LogP contribution in [0.4, 0.5) is 0 Å². The Kier molecular flexibility index (Phi) is 4.77. The molecule has 0 saturated carbocycles. The molecule has 0 aliphatic rings. The fraction of sp³-hybridized carbons (Fsp3) is 0.286. The second-order valence-electron chi connectivity index (χ2n) is 4.45. The average molecular weight is 342 g/mol. The monoisotopic (exact) mass is 340 g/mol. The van der Waals surface area contributed by atoms with E-state index in [1.54, 1.807) is 12.4 Å². The first-order valence-electron chi connectivity index (χ1n) is 5.94. The summed E-state index contributed by atoms with van der Waals surface area (Å²) in [6.07, 6.45) is 3.34. The number of hydrogen-bond donors (Lipinski definition) is 0. The smallest absolute Gasteiger partial charge is 0.321 e. The summed E-state index contributed by atoms with van der Waals surface area (Å²) in [5.41, 5.74) is 1.98. The Balaban J connectivity index is 2.26. The zero-order valence-electron chi connectivity index (χ0n) is 10.7. The number of ether oxygens (including phenoxy) is 1. The molecule has 0 amide bonds. The zero-order chi connectivity index (χ0) is 13.8. The number of aromatic nitrogens is 2. The minimum atomic E-state index is 0.332. The topological polar surface area (TPSA) is 35.0 Å². The van der Waals surface area contributed by atoms with Crippen LogP contribution in [-0.2, 0) is 5.88 Å². The molecule has 0 spiro atoms. The van der Waals surface area contributed by atoms with Crippen LogP contribution in [0.3, 0.4) is 0 Å². The zero-order valence-corrected chi connectivity index (χ0v) is 13.1. The summed E-state index contributed by atoms with van der Waals surface area (Å²) in [7, 11) is 0. The van der Waals surface area contributed by atoms with Gasteiger partial charge in [-0.15, -0.1) is 11.6 Å². The van der Waals surface area contributed by atoms with Crippen molar-refractivity contribution in [1.29, 1.82) is 0 Å². The molecule has 2 rings (SSSR count). The van der Waals surface area contributed by atoms with Crippen LogP contribution in [-0.4, -0.2) is 9.97 Å². The van der Waals surface area contributed by atoms with Gasteiger partial charge in [-0.3, -0.25) is 0 Å². The van der Waals surface area contributed by atoms with Crippen molar-refractivity contribution in [3.8, 4) is 11.8 Å². The van der Waals surface area contributed by atoms with Crippen molar-refractivity contribution in [3.63, 3.8) is 0 Å². The summed E-state index contributed by atoms with van der Waals surface area (Å²) in [6, 6.07) is 6.23. The highest BCUT2D eigenvalue weighted by molar-refractivity contribution is 9.10. The first kappa shape index (κ1) is 14.3. The molecule has 1 heterocycles. The van der Waals surface area contributed by atoms with E-state index in [1.165, 1.54) is 0 Å². The van der Waals surface area contributed by atoms with Gasteiger partial charge < -0.3 is 4.74 Å². The van der Waals surface area contributed by atoms with Gasteiger partial charge in [-0.1, -0.05) is 29.8 Å². The summed E-state index contributed by atoms with van der Waals surface area (Å²) in [5, 5.41) is 0. The first-order valence-corrected chi connectivity index (χ1v) is 7.27. The minimum Gasteiger partial charge on any atom is -0.424 e. The molecule has 1 aromatic heterocycles. The van der Waals surface area contributed by atoms with E-state index < -0.39 is 0 Å². The van der Waals surface area contributed by atoms with Gasteiger partial charge >= 0.3 is 6.01 Å². The van der Waals surface area contributed by atoms with Crippen LogP contribution in [0.15, 0.2) is 35.1 Å². The lowest BCUT2D eigenvalue weighted by molar-refractivity contribution is 0.433. The maximum Gasteiger partial charge on any atom is 0.321 e. The molecule has 1 aromatic carbocycles. The van der Waals surface area contributed by atoms with E-state index in [2.05, 4.69) is 39.7 Å². The standard InChI is InChI=1S/C14H14BrClN2O/c1-9(2)12-5-11(15)3-4-13(12)19-14-17-7-10(6-16)8-18-14/h3-5,7-9H,6H2,1-2H3. The van der Waals surface area contributed by atoms with Crippen LogP contribution in [0.1, 0.15) is 30.9 Å². The molecular formula is C14H14BrClN2O. The van der Waals surface area contributed by atoms with Gasteiger partial charge in [0.15, 0.2) is 0 Å². The third kappa shape index (κ3) is 3.67. The SMILES string of the molecule is CC(C)c1cc(Br)ccc1Oc1ncc(CCl)cn1.